The van der Waals surface area contributed by atoms with Crippen molar-refractivity contribution in [1.82, 2.24) is 0 Å². The maximum Gasteiger partial charge on any atom is 0.416 e. The average molecular weight is 389 g/mol. The number of benzene rings is 1. The lowest BCUT2D eigenvalue weighted by atomic mass is 9.98. The standard InChI is InChI=1S/C21H18F3NO3/c22-21(23,24)16-6-4-5-14(11-16)19-10-9-18(27-19)12-15(13-25)20(26)28-17-7-2-1-3-8-17/h4-6,9-12,17H,1-3,7-8H2/b15-12-. The number of halogens is 3. The summed E-state index contributed by atoms with van der Waals surface area (Å²) in [6.45, 7) is 0. The van der Waals surface area contributed by atoms with Gasteiger partial charge in [-0.2, -0.15) is 18.4 Å². The number of alkyl halides is 3. The molecule has 2 aromatic rings. The van der Waals surface area contributed by atoms with Crippen molar-refractivity contribution in [3.05, 3.63) is 53.3 Å². The van der Waals surface area contributed by atoms with Crippen molar-refractivity contribution >= 4 is 12.0 Å². The van der Waals surface area contributed by atoms with E-state index in [4.69, 9.17) is 9.15 Å². The van der Waals surface area contributed by atoms with Crippen LogP contribution in [0.25, 0.3) is 17.4 Å². The monoisotopic (exact) mass is 389 g/mol. The second-order valence-electron chi connectivity index (χ2n) is 6.62. The zero-order valence-corrected chi connectivity index (χ0v) is 15.0. The number of carbonyl (C=O) groups excluding carboxylic acids is 1. The van der Waals surface area contributed by atoms with Gasteiger partial charge in [0.2, 0.25) is 0 Å². The minimum absolute atomic E-state index is 0.185. The van der Waals surface area contributed by atoms with Gasteiger partial charge in [-0.3, -0.25) is 0 Å². The predicted octanol–water partition coefficient (Wildman–Crippen LogP) is 5.75. The molecule has 0 aliphatic heterocycles. The summed E-state index contributed by atoms with van der Waals surface area (Å²) in [4.78, 5) is 12.2. The molecule has 146 valence electrons. The lowest BCUT2D eigenvalue weighted by molar-refractivity contribution is -0.145. The minimum atomic E-state index is -4.46. The van der Waals surface area contributed by atoms with Crippen LogP contribution in [0.1, 0.15) is 43.4 Å². The molecule has 1 aromatic carbocycles. The summed E-state index contributed by atoms with van der Waals surface area (Å²) in [6.07, 6.45) is 1.25. The van der Waals surface area contributed by atoms with Crippen molar-refractivity contribution in [1.29, 1.82) is 5.26 Å². The first-order valence-electron chi connectivity index (χ1n) is 8.97. The largest absolute Gasteiger partial charge is 0.458 e. The van der Waals surface area contributed by atoms with Crippen LogP contribution in [0.15, 0.2) is 46.4 Å². The highest BCUT2D eigenvalue weighted by Gasteiger charge is 2.30. The van der Waals surface area contributed by atoms with E-state index >= 15 is 0 Å². The molecule has 1 saturated carbocycles. The fourth-order valence-corrected chi connectivity index (χ4v) is 3.11. The molecular formula is C21H18F3NO3. The number of carbonyl (C=O) groups is 1. The molecule has 28 heavy (non-hydrogen) atoms. The van der Waals surface area contributed by atoms with E-state index in [0.717, 1.165) is 44.2 Å². The Labute approximate surface area is 160 Å². The Morgan fingerprint density at radius 2 is 1.93 bits per heavy atom. The first-order valence-corrected chi connectivity index (χ1v) is 8.97. The van der Waals surface area contributed by atoms with Crippen LogP contribution in [0.2, 0.25) is 0 Å². The molecule has 1 aliphatic rings. The molecule has 1 aromatic heterocycles. The molecule has 1 heterocycles. The van der Waals surface area contributed by atoms with Gasteiger partial charge in [0.25, 0.3) is 0 Å². The van der Waals surface area contributed by atoms with Crippen molar-refractivity contribution < 1.29 is 27.1 Å². The summed E-state index contributed by atoms with van der Waals surface area (Å²) in [5, 5.41) is 9.25. The molecule has 0 radical (unpaired) electrons. The van der Waals surface area contributed by atoms with Crippen LogP contribution in [0, 0.1) is 11.3 Å². The Kier molecular flexibility index (Phi) is 5.88. The molecule has 0 spiro atoms. The fourth-order valence-electron chi connectivity index (χ4n) is 3.11. The molecule has 3 rings (SSSR count). The Balaban J connectivity index is 1.77. The molecule has 0 unspecified atom stereocenters. The summed E-state index contributed by atoms with van der Waals surface area (Å²) in [6, 6.07) is 9.51. The fraction of sp³-hybridized carbons (Fsp3) is 0.333. The van der Waals surface area contributed by atoms with Gasteiger partial charge in [0.1, 0.15) is 29.3 Å². The topological polar surface area (TPSA) is 63.2 Å². The van der Waals surface area contributed by atoms with E-state index in [1.165, 1.54) is 30.3 Å². The SMILES string of the molecule is N#C/C(=C/c1ccc(-c2cccc(C(F)(F)F)c2)o1)C(=O)OC1CCCCC1. The number of furan rings is 1. The Bertz CT molecular complexity index is 915. The van der Waals surface area contributed by atoms with E-state index in [1.807, 2.05) is 0 Å². The van der Waals surface area contributed by atoms with Crippen molar-refractivity contribution in [3.63, 3.8) is 0 Å². The molecule has 7 heteroatoms. The van der Waals surface area contributed by atoms with Gasteiger partial charge in [-0.15, -0.1) is 0 Å². The van der Waals surface area contributed by atoms with Crippen LogP contribution in [0.3, 0.4) is 0 Å². The highest BCUT2D eigenvalue weighted by atomic mass is 19.4. The zero-order chi connectivity index (χ0) is 20.1. The summed E-state index contributed by atoms with van der Waals surface area (Å²) >= 11 is 0. The van der Waals surface area contributed by atoms with Crippen LogP contribution >= 0.6 is 0 Å². The Morgan fingerprint density at radius 3 is 2.61 bits per heavy atom. The number of ether oxygens (including phenoxy) is 1. The van der Waals surface area contributed by atoms with Crippen molar-refractivity contribution in [2.24, 2.45) is 0 Å². The highest BCUT2D eigenvalue weighted by Crippen LogP contribution is 2.33. The number of nitriles is 1. The highest BCUT2D eigenvalue weighted by molar-refractivity contribution is 5.97. The van der Waals surface area contributed by atoms with Gasteiger partial charge in [0.05, 0.1) is 5.56 Å². The number of rotatable bonds is 4. The summed E-state index contributed by atoms with van der Waals surface area (Å²) < 4.78 is 49.5. The molecule has 0 N–H and O–H groups in total. The third-order valence-electron chi connectivity index (χ3n) is 4.55. The Morgan fingerprint density at radius 1 is 1.18 bits per heavy atom. The second-order valence-corrected chi connectivity index (χ2v) is 6.62. The van der Waals surface area contributed by atoms with E-state index < -0.39 is 17.7 Å². The van der Waals surface area contributed by atoms with Crippen molar-refractivity contribution in [2.75, 3.05) is 0 Å². The Hall–Kier alpha value is -3.01. The maximum atomic E-state index is 12.9. The minimum Gasteiger partial charge on any atom is -0.458 e. The van der Waals surface area contributed by atoms with E-state index in [1.54, 1.807) is 6.07 Å². The molecule has 1 aliphatic carbocycles. The van der Waals surface area contributed by atoms with Crippen LogP contribution in [0.4, 0.5) is 13.2 Å². The normalized spacial score (nSPS) is 15.9. The molecule has 0 saturated heterocycles. The summed E-state index contributed by atoms with van der Waals surface area (Å²) in [5.41, 5.74) is -0.749. The summed E-state index contributed by atoms with van der Waals surface area (Å²) in [7, 11) is 0. The molecular weight excluding hydrogens is 371 g/mol. The number of esters is 1. The zero-order valence-electron chi connectivity index (χ0n) is 15.0. The van der Waals surface area contributed by atoms with Gasteiger partial charge in [-0.1, -0.05) is 18.6 Å². The maximum absolute atomic E-state index is 12.9. The lowest BCUT2D eigenvalue weighted by Crippen LogP contribution is -2.21. The van der Waals surface area contributed by atoms with Gasteiger partial charge in [0.15, 0.2) is 0 Å². The second kappa shape index (κ2) is 8.34. The van der Waals surface area contributed by atoms with E-state index in [9.17, 15) is 23.2 Å². The van der Waals surface area contributed by atoms with Gasteiger partial charge in [-0.05, 0) is 49.9 Å². The van der Waals surface area contributed by atoms with Crippen LogP contribution in [0.5, 0.6) is 0 Å². The molecule has 1 fully saturated rings. The molecule has 0 atom stereocenters. The first kappa shape index (κ1) is 19.7. The smallest absolute Gasteiger partial charge is 0.416 e. The molecule has 0 amide bonds. The number of nitrogens with zero attached hydrogens (tertiary/aromatic N) is 1. The van der Waals surface area contributed by atoms with E-state index in [2.05, 4.69) is 0 Å². The van der Waals surface area contributed by atoms with Crippen molar-refractivity contribution in [2.45, 2.75) is 44.4 Å². The van der Waals surface area contributed by atoms with Crippen LogP contribution in [-0.2, 0) is 15.7 Å². The first-order chi connectivity index (χ1) is 13.4. The average Bonchev–Trinajstić information content (AvgIpc) is 3.15. The van der Waals surface area contributed by atoms with Gasteiger partial charge < -0.3 is 9.15 Å². The van der Waals surface area contributed by atoms with Gasteiger partial charge >= 0.3 is 12.1 Å². The molecule has 4 nitrogen and oxygen atoms in total. The van der Waals surface area contributed by atoms with Crippen LogP contribution in [-0.4, -0.2) is 12.1 Å². The van der Waals surface area contributed by atoms with Gasteiger partial charge in [-0.25, -0.2) is 4.79 Å². The third-order valence-corrected chi connectivity index (χ3v) is 4.55. The predicted molar refractivity (Wildman–Crippen MR) is 95.7 cm³/mol. The quantitative estimate of drug-likeness (QED) is 0.380. The lowest BCUT2D eigenvalue weighted by Gasteiger charge is -2.21. The third kappa shape index (κ3) is 4.83. The van der Waals surface area contributed by atoms with Crippen LogP contribution < -0.4 is 0 Å². The molecule has 0 bridgehead atoms. The number of hydrogen-bond donors (Lipinski definition) is 0. The summed E-state index contributed by atoms with van der Waals surface area (Å²) in [5.74, 6) is -0.328. The van der Waals surface area contributed by atoms with Gasteiger partial charge in [0, 0.05) is 11.6 Å². The van der Waals surface area contributed by atoms with E-state index in [0.29, 0.717) is 0 Å². The van der Waals surface area contributed by atoms with Crippen molar-refractivity contribution in [3.8, 4) is 17.4 Å². The number of hydrogen-bond acceptors (Lipinski definition) is 4. The van der Waals surface area contributed by atoms with E-state index in [-0.39, 0.29) is 28.8 Å².